The van der Waals surface area contributed by atoms with Gasteiger partial charge in [0.05, 0.1) is 6.61 Å². The van der Waals surface area contributed by atoms with Gasteiger partial charge in [-0.1, -0.05) is 34.1 Å². The van der Waals surface area contributed by atoms with Gasteiger partial charge < -0.3 is 14.4 Å². The Morgan fingerprint density at radius 2 is 1.86 bits per heavy atom. The highest BCUT2D eigenvalue weighted by atomic mass is 79.9. The van der Waals surface area contributed by atoms with E-state index in [4.69, 9.17) is 4.74 Å². The van der Waals surface area contributed by atoms with Gasteiger partial charge in [0, 0.05) is 42.1 Å². The molecule has 2 fully saturated rings. The molecule has 3 aliphatic rings. The van der Waals surface area contributed by atoms with E-state index in [1.54, 1.807) is 19.1 Å². The number of ether oxygens (including phenoxy) is 2. The van der Waals surface area contributed by atoms with E-state index in [9.17, 15) is 32.0 Å². The van der Waals surface area contributed by atoms with Crippen LogP contribution in [0, 0.1) is 5.82 Å². The third-order valence-corrected chi connectivity index (χ3v) is 9.86. The third-order valence-electron chi connectivity index (χ3n) is 7.89. The number of piperidine rings is 1. The minimum atomic E-state index is -4.16. The van der Waals surface area contributed by atoms with Crippen LogP contribution in [0.3, 0.4) is 0 Å². The Hall–Kier alpha value is -3.56. The van der Waals surface area contributed by atoms with Crippen molar-refractivity contribution in [2.45, 2.75) is 50.8 Å². The Labute approximate surface area is 256 Å². The van der Waals surface area contributed by atoms with Crippen LogP contribution >= 0.6 is 15.9 Å². The van der Waals surface area contributed by atoms with Gasteiger partial charge in [0.1, 0.15) is 12.4 Å². The summed E-state index contributed by atoms with van der Waals surface area (Å²) < 4.78 is 52.9. The monoisotopic (exact) mass is 680 g/mol. The van der Waals surface area contributed by atoms with E-state index in [2.05, 4.69) is 20.7 Å². The molecule has 1 aliphatic carbocycles. The van der Waals surface area contributed by atoms with Crippen molar-refractivity contribution in [2.24, 2.45) is 0 Å². The lowest BCUT2D eigenvalue weighted by Crippen LogP contribution is -2.53. The van der Waals surface area contributed by atoms with Gasteiger partial charge in [-0.3, -0.25) is 9.59 Å². The summed E-state index contributed by atoms with van der Waals surface area (Å²) in [6, 6.07) is 10.5. The molecule has 1 spiro atoms. The normalized spacial score (nSPS) is 20.7. The van der Waals surface area contributed by atoms with Crippen molar-refractivity contribution in [1.82, 2.24) is 18.8 Å². The predicted molar refractivity (Wildman–Crippen MR) is 153 cm³/mol. The molecule has 0 saturated carbocycles. The zero-order valence-corrected chi connectivity index (χ0v) is 25.7. The largest absolute Gasteiger partial charge is 0.449 e. The fourth-order valence-corrected chi connectivity index (χ4v) is 7.28. The Bertz CT molecular complexity index is 1550. The molecule has 230 valence electrons. The van der Waals surface area contributed by atoms with Crippen molar-refractivity contribution in [3.63, 3.8) is 0 Å². The number of carbonyl (C=O) groups is 4. The molecule has 1 atom stereocenters. The minimum Gasteiger partial charge on any atom is -0.449 e. The first-order valence-corrected chi connectivity index (χ1v) is 16.0. The summed E-state index contributed by atoms with van der Waals surface area (Å²) in [6.07, 6.45) is -0.793. The van der Waals surface area contributed by atoms with Gasteiger partial charge in [0.2, 0.25) is 11.5 Å². The molecular weight excluding hydrogens is 651 g/mol. The molecule has 43 heavy (non-hydrogen) atoms. The molecule has 15 heteroatoms. The lowest BCUT2D eigenvalue weighted by molar-refractivity contribution is -0.143. The number of fused-ring (bicyclic) bond motifs is 2. The van der Waals surface area contributed by atoms with Crippen LogP contribution in [-0.4, -0.2) is 78.8 Å². The molecule has 0 bridgehead atoms. The Morgan fingerprint density at radius 1 is 1.16 bits per heavy atom. The summed E-state index contributed by atoms with van der Waals surface area (Å²) in [5.74, 6) is -1.61. The number of nitrogens with zero attached hydrogens (tertiary/aromatic N) is 3. The number of rotatable bonds is 8. The fraction of sp³-hybridized carbons (Fsp3) is 0.429. The van der Waals surface area contributed by atoms with Gasteiger partial charge in [-0.2, -0.15) is 12.7 Å². The summed E-state index contributed by atoms with van der Waals surface area (Å²) in [7, 11) is -4.16. The van der Waals surface area contributed by atoms with Gasteiger partial charge in [-0.15, -0.1) is 0 Å². The second-order valence-electron chi connectivity index (χ2n) is 10.5. The first-order valence-electron chi connectivity index (χ1n) is 13.8. The molecular formula is C28H30BrFN4O8S. The van der Waals surface area contributed by atoms with Crippen LogP contribution in [0.15, 0.2) is 46.9 Å². The molecule has 2 heterocycles. The fourth-order valence-electron chi connectivity index (χ4n) is 5.78. The molecule has 2 aromatic carbocycles. The van der Waals surface area contributed by atoms with E-state index in [0.717, 1.165) is 19.2 Å². The molecule has 5 rings (SSSR count). The molecule has 2 aliphatic heterocycles. The smallest absolute Gasteiger partial charge is 0.421 e. The Morgan fingerprint density at radius 3 is 2.53 bits per heavy atom. The summed E-state index contributed by atoms with van der Waals surface area (Å²) in [6.45, 7) is 0.999. The van der Waals surface area contributed by atoms with Crippen molar-refractivity contribution >= 4 is 50.1 Å². The number of imide groups is 1. The SMILES string of the molecule is CCOC(=O)NS(=O)(=O)N1CCC(N(Cc2ccc(F)cc2)C(=O)CN2C(=O)O[C@@]3(CCc4cc(Br)ccc43)C2=O)CC1. The average molecular weight is 682 g/mol. The number of carbonyl (C=O) groups excluding carboxylic acids is 4. The van der Waals surface area contributed by atoms with Crippen molar-refractivity contribution in [2.75, 3.05) is 26.2 Å². The predicted octanol–water partition coefficient (Wildman–Crippen LogP) is 3.19. The van der Waals surface area contributed by atoms with Crippen LogP contribution in [0.4, 0.5) is 14.0 Å². The molecule has 0 radical (unpaired) electrons. The highest BCUT2D eigenvalue weighted by Gasteiger charge is 2.58. The highest BCUT2D eigenvalue weighted by molar-refractivity contribution is 9.10. The maximum absolute atomic E-state index is 13.8. The van der Waals surface area contributed by atoms with Gasteiger partial charge >= 0.3 is 22.4 Å². The van der Waals surface area contributed by atoms with Crippen LogP contribution in [0.5, 0.6) is 0 Å². The second-order valence-corrected chi connectivity index (χ2v) is 13.1. The zero-order chi connectivity index (χ0) is 30.9. The lowest BCUT2D eigenvalue weighted by Gasteiger charge is -2.38. The molecule has 0 aromatic heterocycles. The van der Waals surface area contributed by atoms with E-state index in [1.807, 2.05) is 10.8 Å². The number of nitrogens with one attached hydrogen (secondary N) is 1. The number of hydrogen-bond acceptors (Lipinski definition) is 8. The number of aryl methyl sites for hydroxylation is 1. The highest BCUT2D eigenvalue weighted by Crippen LogP contribution is 2.46. The maximum Gasteiger partial charge on any atom is 0.421 e. The van der Waals surface area contributed by atoms with E-state index in [-0.39, 0.29) is 45.5 Å². The van der Waals surface area contributed by atoms with Crippen LogP contribution in [-0.2, 0) is 47.8 Å². The Balaban J connectivity index is 1.33. The summed E-state index contributed by atoms with van der Waals surface area (Å²) >= 11 is 3.41. The standard InChI is InChI=1S/C28H30BrFN4O8S/c1-2-41-26(37)31-43(39,40)32-13-10-22(11-14-32)33(16-18-3-6-21(30)7-4-18)24(35)17-34-25(36)28(42-27(34)38)12-9-19-15-20(29)5-8-23(19)28/h3-8,15,22H,2,9-14,16-17H2,1H3,(H,31,37)/t28-/m1/s1. The average Bonchev–Trinajstić information content (AvgIpc) is 3.44. The number of hydrogen-bond donors (Lipinski definition) is 1. The van der Waals surface area contributed by atoms with Gasteiger partial charge in [0.25, 0.3) is 5.91 Å². The quantitative estimate of drug-likeness (QED) is 0.448. The minimum absolute atomic E-state index is 0.00234. The van der Waals surface area contributed by atoms with E-state index >= 15 is 0 Å². The van der Waals surface area contributed by atoms with Gasteiger partial charge in [-0.05, 0) is 61.6 Å². The van der Waals surface area contributed by atoms with E-state index in [0.29, 0.717) is 17.5 Å². The lowest BCUT2D eigenvalue weighted by atomic mass is 9.95. The second kappa shape index (κ2) is 12.2. The molecule has 2 aromatic rings. The van der Waals surface area contributed by atoms with Gasteiger partial charge in [-0.25, -0.2) is 23.6 Å². The summed E-state index contributed by atoms with van der Waals surface area (Å²) in [4.78, 5) is 54.4. The molecule has 12 nitrogen and oxygen atoms in total. The van der Waals surface area contributed by atoms with Crippen molar-refractivity contribution in [1.29, 1.82) is 0 Å². The van der Waals surface area contributed by atoms with Crippen molar-refractivity contribution in [3.8, 4) is 0 Å². The molecule has 0 unspecified atom stereocenters. The van der Waals surface area contributed by atoms with Crippen molar-refractivity contribution < 1.29 is 41.5 Å². The summed E-state index contributed by atoms with van der Waals surface area (Å²) in [5.41, 5.74) is 0.592. The Kier molecular flexibility index (Phi) is 8.77. The first kappa shape index (κ1) is 30.9. The molecule has 1 N–H and O–H groups in total. The molecule has 4 amide bonds. The summed E-state index contributed by atoms with van der Waals surface area (Å²) in [5, 5.41) is 0. The molecule has 2 saturated heterocycles. The number of benzene rings is 2. The van der Waals surface area contributed by atoms with E-state index in [1.165, 1.54) is 29.2 Å². The van der Waals surface area contributed by atoms with Crippen LogP contribution in [0.2, 0.25) is 0 Å². The van der Waals surface area contributed by atoms with Crippen LogP contribution in [0.25, 0.3) is 0 Å². The first-order chi connectivity index (χ1) is 20.4. The van der Waals surface area contributed by atoms with E-state index < -0.39 is 58.2 Å². The topological polar surface area (TPSA) is 143 Å². The number of halogens is 2. The number of amides is 4. The van der Waals surface area contributed by atoms with Crippen LogP contribution < -0.4 is 4.72 Å². The third kappa shape index (κ3) is 6.24. The van der Waals surface area contributed by atoms with Crippen LogP contribution in [0.1, 0.15) is 42.9 Å². The zero-order valence-electron chi connectivity index (χ0n) is 23.3. The van der Waals surface area contributed by atoms with Gasteiger partial charge in [0.15, 0.2) is 0 Å². The van der Waals surface area contributed by atoms with Crippen molar-refractivity contribution in [3.05, 3.63) is 69.4 Å². The maximum atomic E-state index is 13.8.